The zero-order valence-electron chi connectivity index (χ0n) is 10.9. The lowest BCUT2D eigenvalue weighted by Crippen LogP contribution is -2.10. The minimum absolute atomic E-state index is 0.115. The minimum Gasteiger partial charge on any atom is -0.503 e. The van der Waals surface area contributed by atoms with Crippen LogP contribution in [0.1, 0.15) is 5.56 Å². The molecular weight excluding hydrogens is 394 g/mol. The normalized spacial score (nSPS) is 11.5. The Kier molecular flexibility index (Phi) is 5.04. The Morgan fingerprint density at radius 1 is 0.909 bits per heavy atom. The lowest BCUT2D eigenvalue weighted by molar-refractivity contribution is 0.428. The van der Waals surface area contributed by atoms with Gasteiger partial charge in [0.05, 0.1) is 10.0 Å². The van der Waals surface area contributed by atoms with Crippen molar-refractivity contribution in [1.82, 2.24) is 0 Å². The lowest BCUT2D eigenvalue weighted by Gasteiger charge is -2.13. The molecule has 118 valence electrons. The van der Waals surface area contributed by atoms with E-state index in [2.05, 4.69) is 0 Å². The van der Waals surface area contributed by atoms with Gasteiger partial charge in [-0.15, -0.1) is 0 Å². The fourth-order valence-electron chi connectivity index (χ4n) is 1.54. The molecule has 0 saturated heterocycles. The van der Waals surface area contributed by atoms with E-state index in [0.29, 0.717) is 0 Å². The Hall–Kier alpha value is -0.850. The Bertz CT molecular complexity index is 803. The highest BCUT2D eigenvalue weighted by atomic mass is 35.5. The highest BCUT2D eigenvalue weighted by Gasteiger charge is 2.26. The minimum atomic E-state index is -4.23. The topological polar surface area (TPSA) is 63.6 Å². The summed E-state index contributed by atoms with van der Waals surface area (Å²) in [5.41, 5.74) is 0.873. The van der Waals surface area contributed by atoms with Gasteiger partial charge in [-0.05, 0) is 19.1 Å². The average molecular weight is 402 g/mol. The van der Waals surface area contributed by atoms with Gasteiger partial charge in [-0.25, -0.2) is 0 Å². The van der Waals surface area contributed by atoms with Gasteiger partial charge in [0, 0.05) is 0 Å². The number of phenols is 1. The van der Waals surface area contributed by atoms with Crippen LogP contribution in [0.4, 0.5) is 0 Å². The second-order valence-corrected chi connectivity index (χ2v) is 7.34. The van der Waals surface area contributed by atoms with Crippen molar-refractivity contribution in [1.29, 1.82) is 0 Å². The van der Waals surface area contributed by atoms with Crippen molar-refractivity contribution >= 4 is 56.5 Å². The van der Waals surface area contributed by atoms with E-state index in [9.17, 15) is 13.5 Å². The Morgan fingerprint density at radius 3 is 1.95 bits per heavy atom. The third kappa shape index (κ3) is 3.24. The zero-order chi connectivity index (χ0) is 16.7. The summed E-state index contributed by atoms with van der Waals surface area (Å²) in [4.78, 5) is -0.115. The quantitative estimate of drug-likeness (QED) is 0.442. The van der Waals surface area contributed by atoms with Crippen LogP contribution >= 0.6 is 46.4 Å². The van der Waals surface area contributed by atoms with Crippen LogP contribution in [0.25, 0.3) is 0 Å². The van der Waals surface area contributed by atoms with E-state index < -0.39 is 21.6 Å². The van der Waals surface area contributed by atoms with Crippen LogP contribution in [0, 0.1) is 6.92 Å². The van der Waals surface area contributed by atoms with Gasteiger partial charge in [0.15, 0.2) is 5.75 Å². The molecule has 2 aromatic carbocycles. The van der Waals surface area contributed by atoms with E-state index in [1.165, 1.54) is 12.1 Å². The molecule has 0 unspecified atom stereocenters. The molecule has 0 aliphatic rings. The van der Waals surface area contributed by atoms with Crippen LogP contribution < -0.4 is 4.18 Å². The van der Waals surface area contributed by atoms with E-state index in [0.717, 1.165) is 5.56 Å². The second-order valence-electron chi connectivity index (χ2n) is 4.28. The Labute approximate surface area is 147 Å². The fraction of sp³-hybridized carbons (Fsp3) is 0.0769. The maximum atomic E-state index is 12.2. The third-order valence-corrected chi connectivity index (χ3v) is 5.71. The predicted molar refractivity (Wildman–Crippen MR) is 87.1 cm³/mol. The molecule has 0 heterocycles. The van der Waals surface area contributed by atoms with Crippen molar-refractivity contribution in [2.24, 2.45) is 0 Å². The summed E-state index contributed by atoms with van der Waals surface area (Å²) in [6, 6.07) is 5.91. The standard InChI is InChI=1S/C13H8Cl4O4S/c1-6-2-4-7(5-3-6)22(19,20)21-13-11(17)9(15)8(14)10(16)12(13)18/h2-5,18H,1H3. The summed E-state index contributed by atoms with van der Waals surface area (Å²) in [6.07, 6.45) is 0. The molecule has 22 heavy (non-hydrogen) atoms. The summed E-state index contributed by atoms with van der Waals surface area (Å²) >= 11 is 23.2. The number of rotatable bonds is 3. The molecule has 0 aliphatic carbocycles. The van der Waals surface area contributed by atoms with Gasteiger partial charge in [-0.2, -0.15) is 8.42 Å². The van der Waals surface area contributed by atoms with E-state index in [-0.39, 0.29) is 25.0 Å². The molecular formula is C13H8Cl4O4S. The van der Waals surface area contributed by atoms with Crippen molar-refractivity contribution in [3.63, 3.8) is 0 Å². The molecule has 2 rings (SSSR count). The van der Waals surface area contributed by atoms with Gasteiger partial charge in [-0.3, -0.25) is 0 Å². The number of aromatic hydroxyl groups is 1. The number of phenolic OH excluding ortho intramolecular Hbond substituents is 1. The van der Waals surface area contributed by atoms with Crippen LogP contribution in [0.15, 0.2) is 29.2 Å². The number of benzene rings is 2. The summed E-state index contributed by atoms with van der Waals surface area (Å²) in [5, 5.41) is 8.75. The first-order valence-corrected chi connectivity index (χ1v) is 8.63. The van der Waals surface area contributed by atoms with E-state index in [1.54, 1.807) is 19.1 Å². The molecule has 0 saturated carbocycles. The molecule has 0 bridgehead atoms. The highest BCUT2D eigenvalue weighted by Crippen LogP contribution is 2.50. The van der Waals surface area contributed by atoms with Crippen LogP contribution in [-0.4, -0.2) is 13.5 Å². The first-order valence-electron chi connectivity index (χ1n) is 5.71. The first kappa shape index (κ1) is 17.5. The van der Waals surface area contributed by atoms with Crippen LogP contribution in [-0.2, 0) is 10.1 Å². The molecule has 0 amide bonds. The van der Waals surface area contributed by atoms with Gasteiger partial charge in [0.2, 0.25) is 5.75 Å². The summed E-state index contributed by atoms with van der Waals surface area (Å²) in [5.74, 6) is -1.29. The highest BCUT2D eigenvalue weighted by molar-refractivity contribution is 7.87. The van der Waals surface area contributed by atoms with Crippen LogP contribution in [0.5, 0.6) is 11.5 Å². The van der Waals surface area contributed by atoms with Crippen molar-refractivity contribution in [3.8, 4) is 11.5 Å². The maximum absolute atomic E-state index is 12.2. The molecule has 2 aromatic rings. The van der Waals surface area contributed by atoms with Gasteiger partial charge >= 0.3 is 10.1 Å². The summed E-state index contributed by atoms with van der Waals surface area (Å²) < 4.78 is 29.3. The maximum Gasteiger partial charge on any atom is 0.339 e. The molecule has 0 fully saturated rings. The van der Waals surface area contributed by atoms with Crippen molar-refractivity contribution < 1.29 is 17.7 Å². The monoisotopic (exact) mass is 400 g/mol. The number of hydrogen-bond donors (Lipinski definition) is 1. The molecule has 4 nitrogen and oxygen atoms in total. The first-order chi connectivity index (χ1) is 10.1. The fourth-order valence-corrected chi connectivity index (χ4v) is 3.40. The van der Waals surface area contributed by atoms with Gasteiger partial charge in [-0.1, -0.05) is 64.1 Å². The lowest BCUT2D eigenvalue weighted by atomic mass is 10.2. The van der Waals surface area contributed by atoms with Gasteiger partial charge in [0.25, 0.3) is 0 Å². The van der Waals surface area contributed by atoms with E-state index in [4.69, 9.17) is 50.6 Å². The summed E-state index contributed by atoms with van der Waals surface area (Å²) in [7, 11) is -4.23. The smallest absolute Gasteiger partial charge is 0.339 e. The second kappa shape index (κ2) is 6.34. The molecule has 0 aliphatic heterocycles. The van der Waals surface area contributed by atoms with Crippen molar-refractivity contribution in [2.75, 3.05) is 0 Å². The van der Waals surface area contributed by atoms with Crippen LogP contribution in [0.2, 0.25) is 20.1 Å². The molecule has 0 atom stereocenters. The number of halogens is 4. The van der Waals surface area contributed by atoms with Crippen molar-refractivity contribution in [2.45, 2.75) is 11.8 Å². The Morgan fingerprint density at radius 2 is 1.41 bits per heavy atom. The Balaban J connectivity index is 2.53. The average Bonchev–Trinajstić information content (AvgIpc) is 2.48. The largest absolute Gasteiger partial charge is 0.503 e. The number of hydrogen-bond acceptors (Lipinski definition) is 4. The van der Waals surface area contributed by atoms with Gasteiger partial charge in [0.1, 0.15) is 14.9 Å². The van der Waals surface area contributed by atoms with E-state index >= 15 is 0 Å². The van der Waals surface area contributed by atoms with E-state index in [1.807, 2.05) is 0 Å². The molecule has 0 spiro atoms. The van der Waals surface area contributed by atoms with Crippen LogP contribution in [0.3, 0.4) is 0 Å². The van der Waals surface area contributed by atoms with Crippen molar-refractivity contribution in [3.05, 3.63) is 49.9 Å². The molecule has 1 N–H and O–H groups in total. The molecule has 0 aromatic heterocycles. The van der Waals surface area contributed by atoms with Gasteiger partial charge < -0.3 is 9.29 Å². The SMILES string of the molecule is Cc1ccc(S(=O)(=O)Oc2c(O)c(Cl)c(Cl)c(Cl)c2Cl)cc1. The molecule has 0 radical (unpaired) electrons. The number of aryl methyl sites for hydroxylation is 1. The summed E-state index contributed by atoms with van der Waals surface area (Å²) in [6.45, 7) is 1.80. The molecule has 9 heteroatoms. The predicted octanol–water partition coefficient (Wildman–Crippen LogP) is 5.08. The third-order valence-electron chi connectivity index (χ3n) is 2.70. The zero-order valence-corrected chi connectivity index (χ0v) is 14.7.